The van der Waals surface area contributed by atoms with Crippen LogP contribution in [0.2, 0.25) is 5.02 Å². The molecule has 0 radical (unpaired) electrons. The molecule has 0 aliphatic carbocycles. The summed E-state index contributed by atoms with van der Waals surface area (Å²) in [5.74, 6) is -1.07. The number of nitriles is 2. The molecule has 2 N–H and O–H groups in total. The third-order valence-corrected chi connectivity index (χ3v) is 3.93. The topological polar surface area (TPSA) is 122 Å². The molecule has 130 valence electrons. The third kappa shape index (κ3) is 3.84. The fourth-order valence-electron chi connectivity index (χ4n) is 2.43. The molecule has 2 aromatic carbocycles. The number of nitrogens with one attached hydrogen (secondary N) is 1. The summed E-state index contributed by atoms with van der Waals surface area (Å²) in [4.78, 5) is 16.1. The Bertz CT molecular complexity index is 1140. The number of aromatic carboxylic acids is 1. The molecule has 0 bridgehead atoms. The quantitative estimate of drug-likeness (QED) is 0.523. The van der Waals surface area contributed by atoms with Crippen molar-refractivity contribution in [1.29, 1.82) is 10.5 Å². The molecule has 0 saturated heterocycles. The van der Waals surface area contributed by atoms with E-state index in [4.69, 9.17) is 22.1 Å². The summed E-state index contributed by atoms with van der Waals surface area (Å²) in [6.45, 7) is 0. The Morgan fingerprint density at radius 3 is 2.44 bits per heavy atom. The van der Waals surface area contributed by atoms with Gasteiger partial charge in [-0.25, -0.2) is 9.78 Å². The van der Waals surface area contributed by atoms with Gasteiger partial charge in [0.25, 0.3) is 0 Å². The molecule has 3 aromatic rings. The first-order valence-electron chi connectivity index (χ1n) is 7.60. The monoisotopic (exact) mass is 375 g/mol. The van der Waals surface area contributed by atoms with Gasteiger partial charge in [0, 0.05) is 16.0 Å². The zero-order valence-corrected chi connectivity index (χ0v) is 14.4. The van der Waals surface area contributed by atoms with Gasteiger partial charge in [-0.3, -0.25) is 5.43 Å². The fraction of sp³-hybridized carbons (Fsp3) is 0. The Morgan fingerprint density at radius 1 is 1.11 bits per heavy atom. The van der Waals surface area contributed by atoms with Crippen LogP contribution in [0.4, 0.5) is 5.69 Å². The standard InChI is InChI=1S/C19H10ClN5O2/c20-12-3-6-17-15(7-12)16(19(26)27)8-18(23-17)11-1-4-13(5-2-11)24-25-14(9-21)10-22/h1-8,24H,(H,26,27). The molecule has 3 rings (SSSR count). The van der Waals surface area contributed by atoms with E-state index in [1.807, 2.05) is 0 Å². The highest BCUT2D eigenvalue weighted by Gasteiger charge is 2.13. The predicted molar refractivity (Wildman–Crippen MR) is 101 cm³/mol. The highest BCUT2D eigenvalue weighted by Crippen LogP contribution is 2.27. The molecule has 0 aliphatic heterocycles. The minimum atomic E-state index is -1.07. The largest absolute Gasteiger partial charge is 0.478 e. The number of fused-ring (bicyclic) bond motifs is 1. The summed E-state index contributed by atoms with van der Waals surface area (Å²) >= 11 is 5.96. The first-order valence-corrected chi connectivity index (χ1v) is 7.97. The number of nitrogens with zero attached hydrogens (tertiary/aromatic N) is 4. The highest BCUT2D eigenvalue weighted by atomic mass is 35.5. The van der Waals surface area contributed by atoms with E-state index in [0.717, 1.165) is 0 Å². The van der Waals surface area contributed by atoms with Gasteiger partial charge >= 0.3 is 5.97 Å². The van der Waals surface area contributed by atoms with Gasteiger partial charge in [-0.15, -0.1) is 0 Å². The number of carboxylic acid groups (broad SMARTS) is 1. The lowest BCUT2D eigenvalue weighted by molar-refractivity contribution is 0.0699. The van der Waals surface area contributed by atoms with Crippen molar-refractivity contribution in [3.8, 4) is 23.4 Å². The molecule has 0 unspecified atom stereocenters. The normalized spacial score (nSPS) is 9.89. The maximum absolute atomic E-state index is 11.6. The van der Waals surface area contributed by atoms with Crippen LogP contribution in [0.3, 0.4) is 0 Å². The van der Waals surface area contributed by atoms with E-state index in [9.17, 15) is 9.90 Å². The average molecular weight is 376 g/mol. The molecule has 0 spiro atoms. The Kier molecular flexibility index (Phi) is 4.98. The van der Waals surface area contributed by atoms with Gasteiger partial charge in [0.1, 0.15) is 12.1 Å². The molecule has 7 nitrogen and oxygen atoms in total. The van der Waals surface area contributed by atoms with E-state index in [0.29, 0.717) is 32.9 Å². The SMILES string of the molecule is N#CC(C#N)=NNc1ccc(-c2cc(C(=O)O)c3cc(Cl)ccc3n2)cc1. The molecule has 0 atom stereocenters. The molecule has 1 aromatic heterocycles. The number of aromatic nitrogens is 1. The van der Waals surface area contributed by atoms with Crippen LogP contribution in [0.1, 0.15) is 10.4 Å². The smallest absolute Gasteiger partial charge is 0.336 e. The summed E-state index contributed by atoms with van der Waals surface area (Å²) in [5, 5.41) is 31.4. The Balaban J connectivity index is 1.99. The van der Waals surface area contributed by atoms with Crippen LogP contribution in [0.25, 0.3) is 22.2 Å². The van der Waals surface area contributed by atoms with E-state index in [1.54, 1.807) is 54.6 Å². The van der Waals surface area contributed by atoms with Crippen LogP contribution >= 0.6 is 11.6 Å². The lowest BCUT2D eigenvalue weighted by Gasteiger charge is -2.08. The van der Waals surface area contributed by atoms with Gasteiger partial charge in [0.2, 0.25) is 5.71 Å². The van der Waals surface area contributed by atoms with Gasteiger partial charge in [-0.2, -0.15) is 15.6 Å². The average Bonchev–Trinajstić information content (AvgIpc) is 2.68. The number of carboxylic acids is 1. The molecular formula is C19H10ClN5O2. The van der Waals surface area contributed by atoms with Crippen LogP contribution in [-0.4, -0.2) is 21.8 Å². The zero-order valence-electron chi connectivity index (χ0n) is 13.6. The number of pyridine rings is 1. The Labute approximate surface area is 158 Å². The van der Waals surface area contributed by atoms with Crippen molar-refractivity contribution in [2.24, 2.45) is 5.10 Å². The lowest BCUT2D eigenvalue weighted by atomic mass is 10.0. The van der Waals surface area contributed by atoms with Crippen molar-refractivity contribution < 1.29 is 9.90 Å². The van der Waals surface area contributed by atoms with Crippen molar-refractivity contribution >= 4 is 39.9 Å². The predicted octanol–water partition coefficient (Wildman–Crippen LogP) is 4.07. The number of carbonyl (C=O) groups is 1. The van der Waals surface area contributed by atoms with Crippen LogP contribution in [0, 0.1) is 22.7 Å². The Morgan fingerprint density at radius 2 is 1.81 bits per heavy atom. The summed E-state index contributed by atoms with van der Waals surface area (Å²) in [6.07, 6.45) is 0. The van der Waals surface area contributed by atoms with E-state index < -0.39 is 5.97 Å². The van der Waals surface area contributed by atoms with Crippen molar-refractivity contribution in [3.63, 3.8) is 0 Å². The van der Waals surface area contributed by atoms with Gasteiger partial charge < -0.3 is 5.11 Å². The van der Waals surface area contributed by atoms with Gasteiger partial charge in [0.15, 0.2) is 0 Å². The molecule has 8 heteroatoms. The van der Waals surface area contributed by atoms with E-state index in [-0.39, 0.29) is 11.3 Å². The zero-order chi connectivity index (χ0) is 19.4. The van der Waals surface area contributed by atoms with Crippen LogP contribution in [0.15, 0.2) is 53.6 Å². The number of hydrazone groups is 1. The molecule has 27 heavy (non-hydrogen) atoms. The van der Waals surface area contributed by atoms with Crippen LogP contribution < -0.4 is 5.43 Å². The second-order valence-corrected chi connectivity index (χ2v) is 5.83. The number of rotatable bonds is 4. The van der Waals surface area contributed by atoms with E-state index in [1.165, 1.54) is 6.07 Å². The van der Waals surface area contributed by atoms with E-state index >= 15 is 0 Å². The summed E-state index contributed by atoms with van der Waals surface area (Å²) in [7, 11) is 0. The second kappa shape index (κ2) is 7.52. The Hall–Kier alpha value is -3.94. The number of benzene rings is 2. The van der Waals surface area contributed by atoms with Gasteiger partial charge in [0.05, 0.1) is 22.5 Å². The minimum Gasteiger partial charge on any atom is -0.478 e. The molecule has 0 fully saturated rings. The van der Waals surface area contributed by atoms with Crippen molar-refractivity contribution in [2.45, 2.75) is 0 Å². The highest BCUT2D eigenvalue weighted by molar-refractivity contribution is 6.31. The number of hydrogen-bond acceptors (Lipinski definition) is 6. The maximum atomic E-state index is 11.6. The fourth-order valence-corrected chi connectivity index (χ4v) is 2.61. The number of halogens is 1. The summed E-state index contributed by atoms with van der Waals surface area (Å²) < 4.78 is 0. The minimum absolute atomic E-state index is 0.108. The van der Waals surface area contributed by atoms with Gasteiger partial charge in [-0.05, 0) is 36.4 Å². The van der Waals surface area contributed by atoms with Crippen molar-refractivity contribution in [1.82, 2.24) is 4.98 Å². The van der Waals surface area contributed by atoms with E-state index in [2.05, 4.69) is 15.5 Å². The molecule has 0 saturated carbocycles. The molecule has 0 amide bonds. The first-order chi connectivity index (χ1) is 13.0. The molecular weight excluding hydrogens is 366 g/mol. The van der Waals surface area contributed by atoms with Gasteiger partial charge in [-0.1, -0.05) is 23.7 Å². The third-order valence-electron chi connectivity index (χ3n) is 3.69. The maximum Gasteiger partial charge on any atom is 0.336 e. The lowest BCUT2D eigenvalue weighted by Crippen LogP contribution is -2.00. The number of anilines is 1. The summed E-state index contributed by atoms with van der Waals surface area (Å²) in [6, 6.07) is 16.5. The first kappa shape index (κ1) is 17.9. The van der Waals surface area contributed by atoms with Crippen LogP contribution in [0.5, 0.6) is 0 Å². The molecule has 0 aliphatic rings. The summed E-state index contributed by atoms with van der Waals surface area (Å²) in [5.41, 5.74) is 4.70. The molecule has 1 heterocycles. The van der Waals surface area contributed by atoms with Crippen molar-refractivity contribution in [2.75, 3.05) is 5.43 Å². The number of hydrogen-bond donors (Lipinski definition) is 2. The second-order valence-electron chi connectivity index (χ2n) is 5.39. The van der Waals surface area contributed by atoms with Crippen molar-refractivity contribution in [3.05, 3.63) is 59.1 Å². The van der Waals surface area contributed by atoms with Crippen LogP contribution in [-0.2, 0) is 0 Å².